The van der Waals surface area contributed by atoms with E-state index in [2.05, 4.69) is 224 Å². The first-order valence-electron chi connectivity index (χ1n) is 20.8. The van der Waals surface area contributed by atoms with E-state index in [0.717, 1.165) is 17.9 Å². The predicted molar refractivity (Wildman–Crippen MR) is 248 cm³/mol. The molecular weight excluding hydrogens is 713 g/mol. The van der Waals surface area contributed by atoms with Gasteiger partial charge in [0.2, 0.25) is 0 Å². The van der Waals surface area contributed by atoms with E-state index in [-0.39, 0.29) is 11.3 Å². The van der Waals surface area contributed by atoms with E-state index in [0.29, 0.717) is 0 Å². The second-order valence-electron chi connectivity index (χ2n) is 16.9. The van der Waals surface area contributed by atoms with E-state index in [4.69, 9.17) is 0 Å². The summed E-state index contributed by atoms with van der Waals surface area (Å²) < 4.78 is 0. The lowest BCUT2D eigenvalue weighted by molar-refractivity contribution is 0.660. The third-order valence-corrected chi connectivity index (χ3v) is 13.4. The molecule has 3 aliphatic rings. The van der Waals surface area contributed by atoms with Gasteiger partial charge in [0, 0.05) is 46.3 Å². The fourth-order valence-electron chi connectivity index (χ4n) is 10.6. The van der Waals surface area contributed by atoms with Crippen molar-refractivity contribution in [3.05, 3.63) is 222 Å². The van der Waals surface area contributed by atoms with E-state index >= 15 is 0 Å². The summed E-state index contributed by atoms with van der Waals surface area (Å²) >= 11 is 0. The Morgan fingerprint density at radius 1 is 0.475 bits per heavy atom. The maximum atomic E-state index is 2.56. The summed E-state index contributed by atoms with van der Waals surface area (Å²) in [6.07, 6.45) is 0. The van der Waals surface area contributed by atoms with Gasteiger partial charge < -0.3 is 9.80 Å². The van der Waals surface area contributed by atoms with E-state index in [1.54, 1.807) is 0 Å². The highest BCUT2D eigenvalue weighted by Crippen LogP contribution is 2.56. The zero-order chi connectivity index (χ0) is 39.2. The number of hydrogen-bond donors (Lipinski definition) is 0. The van der Waals surface area contributed by atoms with Gasteiger partial charge in [-0.1, -0.05) is 159 Å². The third-order valence-electron chi connectivity index (χ3n) is 13.4. The molecule has 0 spiro atoms. The molecule has 0 fully saturated rings. The van der Waals surface area contributed by atoms with Crippen molar-refractivity contribution < 1.29 is 0 Å². The summed E-state index contributed by atoms with van der Waals surface area (Å²) in [4.78, 5) is 4.94. The summed E-state index contributed by atoms with van der Waals surface area (Å²) in [5, 5.41) is 2.61. The van der Waals surface area contributed by atoms with Crippen LogP contribution >= 0.6 is 0 Å². The number of benzene rings is 9. The smallest absolute Gasteiger partial charge is 0.0465 e. The fourth-order valence-corrected chi connectivity index (χ4v) is 10.6. The van der Waals surface area contributed by atoms with Crippen LogP contribution in [0.1, 0.15) is 42.0 Å². The molecule has 1 atom stereocenters. The summed E-state index contributed by atoms with van der Waals surface area (Å²) in [5.74, 6) is 0.264. The number of para-hydroxylation sites is 1. The SMILES string of the molecule is CC1(C)c2ccccc2-c2ccc(N(c3ccccc3)c3ccc(-c4ccc(N5CC6c7ccccc7-c7ccccc7-c7c6c5cc5ccccc75)cc4)cc3)cc21. The Morgan fingerprint density at radius 2 is 1.07 bits per heavy atom. The van der Waals surface area contributed by atoms with Gasteiger partial charge >= 0.3 is 0 Å². The molecule has 12 rings (SSSR count). The van der Waals surface area contributed by atoms with Crippen LogP contribution in [0.3, 0.4) is 0 Å². The highest BCUT2D eigenvalue weighted by molar-refractivity contribution is 6.08. The lowest BCUT2D eigenvalue weighted by Crippen LogP contribution is -2.16. The largest absolute Gasteiger partial charge is 0.340 e. The quantitative estimate of drug-likeness (QED) is 0.173. The number of hydrogen-bond acceptors (Lipinski definition) is 2. The van der Waals surface area contributed by atoms with Gasteiger partial charge in [0.1, 0.15) is 0 Å². The highest BCUT2D eigenvalue weighted by atomic mass is 15.2. The van der Waals surface area contributed by atoms with Gasteiger partial charge in [-0.2, -0.15) is 0 Å². The standard InChI is InChI=1S/C57H42N2/c1-57(2)52-23-13-12-21-48(52)49-33-32-43(35-53(49)57)59(41-15-4-3-5-16-41)42-30-26-38(27-31-42)37-24-28-40(29-25-37)58-36-51-47-20-9-8-18-45(47)46-19-10-11-22-50(46)55-44-17-7-6-14-39(44)34-54(58)56(51)55/h3-35,51H,36H2,1-2H3. The normalized spacial score (nSPS) is 15.2. The molecule has 2 nitrogen and oxygen atoms in total. The van der Waals surface area contributed by atoms with Crippen LogP contribution in [0.15, 0.2) is 200 Å². The van der Waals surface area contributed by atoms with E-state index in [9.17, 15) is 0 Å². The van der Waals surface area contributed by atoms with Gasteiger partial charge in [-0.15, -0.1) is 0 Å². The molecule has 2 aliphatic carbocycles. The molecule has 0 N–H and O–H groups in total. The maximum Gasteiger partial charge on any atom is 0.0465 e. The monoisotopic (exact) mass is 754 g/mol. The topological polar surface area (TPSA) is 6.48 Å². The maximum absolute atomic E-state index is 2.56. The molecule has 59 heavy (non-hydrogen) atoms. The third kappa shape index (κ3) is 5.12. The Bertz CT molecular complexity index is 3100. The molecule has 0 bridgehead atoms. The van der Waals surface area contributed by atoms with Gasteiger partial charge in [-0.3, -0.25) is 0 Å². The van der Waals surface area contributed by atoms with Gasteiger partial charge in [-0.05, 0) is 132 Å². The molecule has 0 saturated carbocycles. The molecule has 0 amide bonds. The summed E-state index contributed by atoms with van der Waals surface area (Å²) in [5.41, 5.74) is 22.0. The van der Waals surface area contributed by atoms with Gasteiger partial charge in [0.25, 0.3) is 0 Å². The van der Waals surface area contributed by atoms with Crippen molar-refractivity contribution in [2.45, 2.75) is 25.2 Å². The van der Waals surface area contributed by atoms with Crippen LogP contribution in [0.2, 0.25) is 0 Å². The zero-order valence-corrected chi connectivity index (χ0v) is 33.2. The summed E-state index contributed by atoms with van der Waals surface area (Å²) in [6, 6.07) is 74.3. The van der Waals surface area contributed by atoms with Crippen molar-refractivity contribution in [2.24, 2.45) is 0 Å². The fraction of sp³-hybridized carbons (Fsp3) is 0.0877. The van der Waals surface area contributed by atoms with Crippen LogP contribution in [0.4, 0.5) is 28.4 Å². The Hall–Kier alpha value is -7.16. The van der Waals surface area contributed by atoms with Gasteiger partial charge in [-0.25, -0.2) is 0 Å². The van der Waals surface area contributed by atoms with Crippen LogP contribution in [0, 0.1) is 0 Å². The average molecular weight is 755 g/mol. The number of rotatable bonds is 5. The first-order chi connectivity index (χ1) is 29.0. The molecule has 2 heteroatoms. The molecule has 0 radical (unpaired) electrons. The Morgan fingerprint density at radius 3 is 1.86 bits per heavy atom. The molecule has 0 aromatic heterocycles. The molecule has 280 valence electrons. The molecular formula is C57H42N2. The first-order valence-corrected chi connectivity index (χ1v) is 20.8. The minimum absolute atomic E-state index is 0.0696. The minimum atomic E-state index is -0.0696. The summed E-state index contributed by atoms with van der Waals surface area (Å²) in [6.45, 7) is 5.60. The van der Waals surface area contributed by atoms with Crippen LogP contribution in [0.5, 0.6) is 0 Å². The second-order valence-corrected chi connectivity index (χ2v) is 16.9. The van der Waals surface area contributed by atoms with Crippen LogP contribution in [-0.2, 0) is 5.41 Å². The number of fused-ring (bicyclic) bond motifs is 10. The van der Waals surface area contributed by atoms with Crippen molar-refractivity contribution in [3.8, 4) is 44.5 Å². The van der Waals surface area contributed by atoms with E-state index < -0.39 is 0 Å². The van der Waals surface area contributed by atoms with Crippen molar-refractivity contribution >= 4 is 39.2 Å². The summed E-state index contributed by atoms with van der Waals surface area (Å²) in [7, 11) is 0. The molecule has 1 unspecified atom stereocenters. The van der Waals surface area contributed by atoms with Crippen LogP contribution < -0.4 is 9.80 Å². The van der Waals surface area contributed by atoms with Crippen molar-refractivity contribution in [2.75, 3.05) is 16.3 Å². The van der Waals surface area contributed by atoms with E-state index in [1.165, 1.54) is 94.6 Å². The van der Waals surface area contributed by atoms with Gasteiger partial charge in [0.15, 0.2) is 0 Å². The van der Waals surface area contributed by atoms with Crippen molar-refractivity contribution in [1.29, 1.82) is 0 Å². The predicted octanol–water partition coefficient (Wildman–Crippen LogP) is 15.2. The van der Waals surface area contributed by atoms with Crippen molar-refractivity contribution in [3.63, 3.8) is 0 Å². The Kier molecular flexibility index (Phi) is 7.43. The number of nitrogens with zero attached hydrogens (tertiary/aromatic N) is 2. The number of anilines is 5. The molecule has 0 saturated heterocycles. The highest BCUT2D eigenvalue weighted by Gasteiger charge is 2.39. The van der Waals surface area contributed by atoms with E-state index in [1.807, 2.05) is 0 Å². The minimum Gasteiger partial charge on any atom is -0.340 e. The Balaban J connectivity index is 0.904. The molecule has 1 aliphatic heterocycles. The molecule has 9 aromatic carbocycles. The molecule has 1 heterocycles. The van der Waals surface area contributed by atoms with Crippen LogP contribution in [-0.4, -0.2) is 6.54 Å². The van der Waals surface area contributed by atoms with Crippen molar-refractivity contribution in [1.82, 2.24) is 0 Å². The lowest BCUT2D eigenvalue weighted by atomic mass is 9.82. The first kappa shape index (κ1) is 33.9. The zero-order valence-electron chi connectivity index (χ0n) is 33.2. The average Bonchev–Trinajstić information content (AvgIpc) is 3.73. The lowest BCUT2D eigenvalue weighted by Gasteiger charge is -2.28. The van der Waals surface area contributed by atoms with Gasteiger partial charge in [0.05, 0.1) is 0 Å². The second kappa shape index (κ2) is 12.9. The Labute approximate surface area is 346 Å². The van der Waals surface area contributed by atoms with Crippen LogP contribution in [0.25, 0.3) is 55.3 Å². The molecule has 9 aromatic rings.